The number of thioether (sulfide) groups is 1. The normalized spacial score (nSPS) is 25.2. The molecule has 42 nitrogen and oxygen atoms in total. The molecule has 1 aliphatic carbocycles. The maximum atomic E-state index is 15.8. The number of carbonyl (C=O) groups is 17. The number of rotatable bonds is 26. The number of fused-ring (bicyclic) bond motifs is 4. The van der Waals surface area contributed by atoms with Gasteiger partial charge in [-0.05, 0) is 115 Å². The number of phenols is 1. The van der Waals surface area contributed by atoms with Gasteiger partial charge in [0.25, 0.3) is 0 Å². The third kappa shape index (κ3) is 28.7. The third-order valence-electron chi connectivity index (χ3n) is 24.6. The summed E-state index contributed by atoms with van der Waals surface area (Å²) in [5.74, 6) is -17.8. The zero-order valence-electron chi connectivity index (χ0n) is 77.1. The largest absolute Gasteiger partial charge is 0.508 e. The molecule has 136 heavy (non-hydrogen) atoms. The number of nitrogens with one attached hydrogen (secondary N) is 14. The smallest absolute Gasteiger partial charge is 0.246 e. The molecule has 44 heteroatoms. The molecule has 1 spiro atoms. The van der Waals surface area contributed by atoms with E-state index in [4.69, 9.17) is 22.6 Å². The molecule has 736 valence electrons. The van der Waals surface area contributed by atoms with Gasteiger partial charge in [0.2, 0.25) is 100 Å². The summed E-state index contributed by atoms with van der Waals surface area (Å²) in [4.78, 5) is 263. The molecule has 1 unspecified atom stereocenters. The van der Waals surface area contributed by atoms with E-state index < -0.39 is 234 Å². The fourth-order valence-corrected chi connectivity index (χ4v) is 18.9. The van der Waals surface area contributed by atoms with Crippen LogP contribution in [-0.2, 0) is 101 Å². The second-order valence-electron chi connectivity index (χ2n) is 35.5. The maximum absolute atomic E-state index is 15.8. The fraction of sp³-hybridized carbons (Fsp3) is 0.533. The van der Waals surface area contributed by atoms with Crippen molar-refractivity contribution in [2.45, 2.75) is 246 Å². The molecule has 14 atom stereocenters. The number of primary amides is 2. The minimum absolute atomic E-state index is 0.00145. The number of para-hydroxylation sites is 1. The molecule has 0 bridgehead atoms. The number of hydrogen-bond donors (Lipinski definition) is 20. The van der Waals surface area contributed by atoms with E-state index in [1.807, 2.05) is 32.0 Å². The Morgan fingerprint density at radius 1 is 0.603 bits per heavy atom. The van der Waals surface area contributed by atoms with Crippen molar-refractivity contribution in [1.29, 1.82) is 5.41 Å². The lowest BCUT2D eigenvalue weighted by Gasteiger charge is -2.36. The van der Waals surface area contributed by atoms with Crippen molar-refractivity contribution >= 4 is 157 Å². The van der Waals surface area contributed by atoms with Gasteiger partial charge in [0.05, 0.1) is 31.4 Å². The van der Waals surface area contributed by atoms with Gasteiger partial charge in [-0.25, -0.2) is 0 Å². The lowest BCUT2D eigenvalue weighted by Crippen LogP contribution is -2.62. The number of allylic oxidation sites excluding steroid dienone is 1. The van der Waals surface area contributed by atoms with Crippen LogP contribution in [0.1, 0.15) is 154 Å². The highest BCUT2D eigenvalue weighted by Crippen LogP contribution is 2.37. The Kier molecular flexibility index (Phi) is 38.1. The molecular weight excluding hydrogens is 1800 g/mol. The van der Waals surface area contributed by atoms with Gasteiger partial charge in [0.1, 0.15) is 89.8 Å². The van der Waals surface area contributed by atoms with Crippen molar-refractivity contribution in [2.75, 3.05) is 58.4 Å². The van der Waals surface area contributed by atoms with E-state index in [-0.39, 0.29) is 115 Å². The van der Waals surface area contributed by atoms with Crippen molar-refractivity contribution in [2.24, 2.45) is 28.1 Å². The highest BCUT2D eigenvalue weighted by Gasteiger charge is 2.54. The lowest BCUT2D eigenvalue weighted by atomic mass is 10.00. The van der Waals surface area contributed by atoms with E-state index in [1.165, 1.54) is 49.7 Å². The molecule has 0 radical (unpaired) electrons. The van der Waals surface area contributed by atoms with Gasteiger partial charge >= 0.3 is 0 Å². The molecule has 4 fully saturated rings. The number of nitrogens with zero attached hydrogens (tertiary/aromatic N) is 5. The molecule has 2 aromatic heterocycles. The topological polar surface area (TPSA) is 638 Å². The summed E-state index contributed by atoms with van der Waals surface area (Å²) in [5.41, 5.74) is 17.5. The summed E-state index contributed by atoms with van der Waals surface area (Å²) in [6, 6.07) is -0.308. The monoisotopic (exact) mass is 1920 g/mol. The van der Waals surface area contributed by atoms with Crippen LogP contribution in [-0.4, -0.2) is 301 Å². The van der Waals surface area contributed by atoms with Crippen LogP contribution in [0.15, 0.2) is 101 Å². The predicted octanol–water partition coefficient (Wildman–Crippen LogP) is -1.61. The number of aliphatic imine (C=N–C) groups is 1. The van der Waals surface area contributed by atoms with Crippen LogP contribution < -0.4 is 81.0 Å². The summed E-state index contributed by atoms with van der Waals surface area (Å²) in [7, 11) is 2.71. The molecule has 6 heterocycles. The number of guanidine groups is 1. The molecule has 10 rings (SSSR count). The lowest BCUT2D eigenvalue weighted by molar-refractivity contribution is -0.149. The van der Waals surface area contributed by atoms with Crippen LogP contribution in [0.4, 0.5) is 0 Å². The number of H-pyrrole nitrogens is 1. The Bertz CT molecular complexity index is 5270. The Labute approximate surface area is 794 Å². The van der Waals surface area contributed by atoms with Gasteiger partial charge < -0.3 is 121 Å². The number of likely N-dealkylation sites (N-methyl/N-ethyl adjacent to an activating group) is 2. The predicted molar refractivity (Wildman–Crippen MR) is 505 cm³/mol. The number of thiophene rings is 1. The van der Waals surface area contributed by atoms with E-state index in [0.29, 0.717) is 70.8 Å². The fourth-order valence-electron chi connectivity index (χ4n) is 17.1. The minimum Gasteiger partial charge on any atom is -0.508 e. The van der Waals surface area contributed by atoms with E-state index in [1.54, 1.807) is 68.0 Å². The first-order valence-corrected chi connectivity index (χ1v) is 47.9. The Morgan fingerprint density at radius 2 is 1.21 bits per heavy atom. The number of aromatic nitrogens is 1. The Hall–Kier alpha value is -13.1. The first-order valence-electron chi connectivity index (χ1n) is 45.9. The summed E-state index contributed by atoms with van der Waals surface area (Å²) >= 11 is 2.12. The first kappa shape index (κ1) is 105. The summed E-state index contributed by atoms with van der Waals surface area (Å²) < 4.78 is 0.814. The average molecular weight is 1920 g/mol. The first-order chi connectivity index (χ1) is 64.9. The van der Waals surface area contributed by atoms with Crippen LogP contribution in [0.2, 0.25) is 0 Å². The van der Waals surface area contributed by atoms with Crippen molar-refractivity contribution in [3.05, 3.63) is 113 Å². The minimum atomic E-state index is -1.88. The number of carbonyl (C=O) groups excluding carboxylic acids is 17. The Balaban J connectivity index is 1.02. The third-order valence-corrected chi connectivity index (χ3v) is 26.7. The number of aromatic amines is 1. The van der Waals surface area contributed by atoms with E-state index >= 15 is 38.4 Å². The molecular formula is C92H126N22O20S2. The number of hydrogen-bond acceptors (Lipinski definition) is 24. The number of amides is 17. The summed E-state index contributed by atoms with van der Waals surface area (Å²) in [6.45, 7) is 4.81. The van der Waals surface area contributed by atoms with Gasteiger partial charge in [-0.1, -0.05) is 108 Å². The van der Waals surface area contributed by atoms with Crippen molar-refractivity contribution in [3.8, 4) is 5.75 Å². The van der Waals surface area contributed by atoms with Gasteiger partial charge in [-0.3, -0.25) is 91.9 Å². The molecule has 3 saturated heterocycles. The number of nitrogens with two attached hydrogens (primary N) is 3. The quantitative estimate of drug-likeness (QED) is 0.0168. The van der Waals surface area contributed by atoms with Crippen LogP contribution in [0, 0.1) is 11.3 Å². The molecule has 5 aromatic rings. The number of aromatic hydroxyl groups is 1. The second-order valence-corrected chi connectivity index (χ2v) is 37.4. The molecule has 3 aromatic carbocycles. The van der Waals surface area contributed by atoms with Gasteiger partial charge in [0.15, 0.2) is 5.96 Å². The molecule has 5 aliphatic rings. The average Bonchev–Trinajstić information content (AvgIpc) is 1.62. The summed E-state index contributed by atoms with van der Waals surface area (Å²) in [5, 5.41) is 75.9. The van der Waals surface area contributed by atoms with Crippen LogP contribution in [0.3, 0.4) is 0 Å². The molecule has 1 saturated carbocycles. The maximum Gasteiger partial charge on any atom is 0.246 e. The van der Waals surface area contributed by atoms with Crippen molar-refractivity contribution in [1.82, 2.24) is 88.4 Å². The zero-order chi connectivity index (χ0) is 98.8. The second kappa shape index (κ2) is 49.4. The van der Waals surface area contributed by atoms with Crippen LogP contribution in [0.5, 0.6) is 5.75 Å². The van der Waals surface area contributed by atoms with Crippen LogP contribution >= 0.6 is 23.1 Å². The van der Waals surface area contributed by atoms with E-state index in [9.17, 15) is 58.5 Å². The van der Waals surface area contributed by atoms with Gasteiger partial charge in [0, 0.05) is 112 Å². The number of aliphatic hydroxyl groups is 2. The van der Waals surface area contributed by atoms with Crippen LogP contribution in [0.25, 0.3) is 21.0 Å². The Morgan fingerprint density at radius 3 is 1.86 bits per heavy atom. The van der Waals surface area contributed by atoms with Crippen molar-refractivity contribution < 1.29 is 96.8 Å². The standard InChI is InChI=1S/C92H126N22O20S2/c1-7-9-23-69-83(127)102-60(22-16-34-98-91(95)96)78(122)108-68(77(121)100-44-75(94)119)48-135-49-76(120)101-61(37-51-27-29-55(116)30-28-51)82(126)110-92(31-32-92)90(134)109-66(42-74(93)118)87(131)113-35-17-25-70(113)84(128)104-63(40-54-18-15-33-97-54)80(124)105-64(36-50(3)4)88(132)114-45-56(117)41-72(114)85(129)103-62(38-52-43-99-59-21-13-11-19-57(52)59)79(123)107-67(46-115)81(125)106-65(39-53-47-136-73-26-14-12-20-58(53)73)86(130)112(6)71(24-10-8-2)89(133)111(69)5/h11-14,18-21,26-30,33,43,47,50,56,60-72,99,115-117H,7-10,15-17,22-25,31-32,34-42,44-46,48-49H2,1-6H3,(H2,93,118)(H2,94,119)(H,100,121)(H,101,120)(H,102,127)(H,103,129)(H,104,128)(H,105,124)(H,106,125)(H,107,123)(H,108,122)(H,109,134)(H,110,126)(H4,95,96,98)/t56-,60+,61+,62?,63+,64+,65+,66+,67+,68+,69+,70+,71+,72+/m1/s1. The number of benzene rings is 3. The van der Waals surface area contributed by atoms with E-state index in [0.717, 1.165) is 36.1 Å². The zero-order valence-corrected chi connectivity index (χ0v) is 78.7. The molecule has 23 N–H and O–H groups in total. The molecule has 4 aliphatic heterocycles. The SMILES string of the molecule is CCCC[C@H]1C(=O)N(C)[C@@H](CCCC)C(=O)N[C@@H](CCCNC(=N)N)C(=O)N[C@H](C(=O)NCC(N)=O)CSCC(=O)N[C@@H](Cc2ccc(O)cc2)C(=O)NC2(CC2)C(=O)N[C@@H](CC(N)=O)C(=O)N2CCC[C@H]2C(=O)N[C@@H](CC2=CCC=N2)C(=O)N[C@@H](CC(C)C)C(=O)N2C[C@H](O)C[C@H]2C(=O)NC(Cc2c[nH]c3ccccc23)C(=O)N[C@@H](CO)C(=O)N[C@@H](Cc2csc3ccccc23)C(=O)N1C. The van der Waals surface area contributed by atoms with Gasteiger partial charge in [-0.15, -0.1) is 23.1 Å². The highest BCUT2D eigenvalue weighted by molar-refractivity contribution is 8.00. The number of aliphatic hydroxyl groups excluding tert-OH is 2. The number of phenolic OH excluding ortho intramolecular Hbond substituents is 1. The van der Waals surface area contributed by atoms with Gasteiger partial charge in [-0.2, -0.15) is 0 Å². The van der Waals surface area contributed by atoms with E-state index in [2.05, 4.69) is 73.8 Å². The van der Waals surface area contributed by atoms with Crippen molar-refractivity contribution in [3.63, 3.8) is 0 Å². The molecule has 17 amide bonds. The summed E-state index contributed by atoms with van der Waals surface area (Å²) in [6.07, 6.45) is 3.15. The highest BCUT2D eigenvalue weighted by atomic mass is 32.2. The number of unbranched alkanes of at least 4 members (excludes halogenated alkanes) is 2.